The molecule has 1 aliphatic heterocycles. The molecule has 0 spiro atoms. The first-order valence-electron chi connectivity index (χ1n) is 3.49. The van der Waals surface area contributed by atoms with Crippen LogP contribution in [0, 0.1) is 5.92 Å². The molecule has 5 nitrogen and oxygen atoms in total. The van der Waals surface area contributed by atoms with Crippen molar-refractivity contribution in [2.75, 3.05) is 0 Å². The molecule has 0 atom stereocenters. The minimum atomic E-state index is -0.871. The zero-order valence-corrected chi connectivity index (χ0v) is 8.18. The number of barbiturate groups is 1. The zero-order valence-electron chi connectivity index (χ0n) is 6.59. The molecule has 1 fully saturated rings. The summed E-state index contributed by atoms with van der Waals surface area (Å²) in [6, 6.07) is -0.772. The van der Waals surface area contributed by atoms with Crippen LogP contribution in [0.5, 0.6) is 0 Å². The van der Waals surface area contributed by atoms with E-state index in [0.717, 1.165) is 0 Å². The van der Waals surface area contributed by atoms with Gasteiger partial charge in [-0.3, -0.25) is 20.2 Å². The van der Waals surface area contributed by atoms with E-state index in [0.29, 0.717) is 4.48 Å². The maximum absolute atomic E-state index is 11.1. The topological polar surface area (TPSA) is 75.3 Å². The largest absolute Gasteiger partial charge is 0.328 e. The summed E-state index contributed by atoms with van der Waals surface area (Å²) in [5.41, 5.74) is 0. The molecular weight excluding hydrogens is 240 g/mol. The van der Waals surface area contributed by atoms with Crippen LogP contribution in [0.2, 0.25) is 0 Å². The van der Waals surface area contributed by atoms with Gasteiger partial charge in [0.25, 0.3) is 0 Å². The summed E-state index contributed by atoms with van der Waals surface area (Å²) >= 11 is 3.04. The van der Waals surface area contributed by atoms with Crippen LogP contribution in [-0.2, 0) is 9.59 Å². The first-order valence-corrected chi connectivity index (χ1v) is 4.29. The van der Waals surface area contributed by atoms with Gasteiger partial charge in [-0.05, 0) is 10.9 Å². The van der Waals surface area contributed by atoms with Gasteiger partial charge < -0.3 is 0 Å². The van der Waals surface area contributed by atoms with Crippen LogP contribution < -0.4 is 10.6 Å². The number of carbonyl (C=O) groups excluding carboxylic acids is 3. The first-order chi connectivity index (χ1) is 6.00. The summed E-state index contributed by atoms with van der Waals surface area (Å²) in [6.07, 6.45) is 0.185. The number of hydrogen-bond acceptors (Lipinski definition) is 3. The minimum Gasteiger partial charge on any atom is -0.277 e. The van der Waals surface area contributed by atoms with Crippen LogP contribution >= 0.6 is 15.9 Å². The molecular formula is C7H7BrN2O3. The van der Waals surface area contributed by atoms with Crippen molar-refractivity contribution in [1.29, 1.82) is 0 Å². The second-order valence-corrected chi connectivity index (χ2v) is 3.70. The molecule has 6 heteroatoms. The third-order valence-corrected chi connectivity index (χ3v) is 1.86. The summed E-state index contributed by atoms with van der Waals surface area (Å²) in [4.78, 5) is 32.8. The lowest BCUT2D eigenvalue weighted by molar-refractivity contribution is -0.135. The van der Waals surface area contributed by atoms with E-state index in [-0.39, 0.29) is 6.42 Å². The number of nitrogens with one attached hydrogen (secondary N) is 2. The summed E-state index contributed by atoms with van der Waals surface area (Å²) in [7, 11) is 0. The van der Waals surface area contributed by atoms with Gasteiger partial charge in [0, 0.05) is 0 Å². The van der Waals surface area contributed by atoms with Gasteiger partial charge in [0.05, 0.1) is 0 Å². The molecule has 70 valence electrons. The van der Waals surface area contributed by atoms with Gasteiger partial charge >= 0.3 is 6.03 Å². The van der Waals surface area contributed by atoms with Gasteiger partial charge in [-0.2, -0.15) is 0 Å². The molecule has 1 saturated heterocycles. The lowest BCUT2D eigenvalue weighted by atomic mass is 10.0. The molecule has 0 aromatic heterocycles. The molecule has 0 bridgehead atoms. The van der Waals surface area contributed by atoms with Crippen molar-refractivity contribution in [2.24, 2.45) is 5.92 Å². The van der Waals surface area contributed by atoms with Crippen LogP contribution in [0.3, 0.4) is 0 Å². The predicted octanol–water partition coefficient (Wildman–Crippen LogP) is 0.267. The maximum atomic E-state index is 11.1. The monoisotopic (exact) mass is 246 g/mol. The maximum Gasteiger partial charge on any atom is 0.328 e. The SMILES string of the molecule is C=C(Br)CC1C(=O)NC(=O)NC1=O. The Morgan fingerprint density at radius 1 is 1.31 bits per heavy atom. The molecule has 1 heterocycles. The molecule has 0 unspecified atom stereocenters. The first kappa shape index (κ1) is 9.91. The quantitative estimate of drug-likeness (QED) is 0.687. The summed E-state index contributed by atoms with van der Waals surface area (Å²) in [5, 5.41) is 3.99. The molecule has 13 heavy (non-hydrogen) atoms. The Hall–Kier alpha value is -1.17. The van der Waals surface area contributed by atoms with E-state index in [1.165, 1.54) is 0 Å². The van der Waals surface area contributed by atoms with Crippen molar-refractivity contribution in [2.45, 2.75) is 6.42 Å². The van der Waals surface area contributed by atoms with Crippen LogP contribution in [-0.4, -0.2) is 17.8 Å². The van der Waals surface area contributed by atoms with E-state index in [2.05, 4.69) is 22.5 Å². The van der Waals surface area contributed by atoms with Crippen LogP contribution in [0.1, 0.15) is 6.42 Å². The minimum absolute atomic E-state index is 0.185. The summed E-state index contributed by atoms with van der Waals surface area (Å²) in [6.45, 7) is 3.51. The van der Waals surface area contributed by atoms with Crippen LogP contribution in [0.25, 0.3) is 0 Å². The number of hydrogen-bond donors (Lipinski definition) is 2. The highest BCUT2D eigenvalue weighted by Crippen LogP contribution is 2.17. The zero-order chi connectivity index (χ0) is 10.0. The Balaban J connectivity index is 2.73. The Bertz CT molecular complexity index is 280. The third-order valence-electron chi connectivity index (χ3n) is 1.53. The van der Waals surface area contributed by atoms with E-state index >= 15 is 0 Å². The molecule has 2 N–H and O–H groups in total. The van der Waals surface area contributed by atoms with Gasteiger partial charge in [-0.25, -0.2) is 4.79 Å². The Morgan fingerprint density at radius 2 is 1.77 bits per heavy atom. The fourth-order valence-corrected chi connectivity index (χ4v) is 1.28. The highest BCUT2D eigenvalue weighted by molar-refractivity contribution is 9.11. The molecule has 1 aliphatic rings. The average molecular weight is 247 g/mol. The Labute approximate surface area is 82.7 Å². The normalized spacial score (nSPS) is 18.1. The van der Waals surface area contributed by atoms with E-state index in [4.69, 9.17) is 0 Å². The van der Waals surface area contributed by atoms with Crippen molar-refractivity contribution in [3.63, 3.8) is 0 Å². The Morgan fingerprint density at radius 3 is 2.15 bits per heavy atom. The lowest BCUT2D eigenvalue weighted by Gasteiger charge is -2.19. The summed E-state index contributed by atoms with van der Waals surface area (Å²) in [5.74, 6) is -2.05. The van der Waals surface area contributed by atoms with E-state index in [1.807, 2.05) is 10.6 Å². The predicted molar refractivity (Wildman–Crippen MR) is 47.9 cm³/mol. The standard InChI is InChI=1S/C7H7BrN2O3/c1-3(8)2-4-5(11)9-7(13)10-6(4)12/h4H,1-2H2,(H2,9,10,11,12,13). The second-order valence-electron chi connectivity index (χ2n) is 2.58. The van der Waals surface area contributed by atoms with Gasteiger partial charge in [-0.1, -0.05) is 22.5 Å². The van der Waals surface area contributed by atoms with E-state index in [9.17, 15) is 14.4 Å². The van der Waals surface area contributed by atoms with Gasteiger partial charge in [0.15, 0.2) is 0 Å². The van der Waals surface area contributed by atoms with Gasteiger partial charge in [-0.15, -0.1) is 0 Å². The van der Waals surface area contributed by atoms with E-state index in [1.54, 1.807) is 0 Å². The van der Waals surface area contributed by atoms with Crippen molar-refractivity contribution in [3.05, 3.63) is 11.1 Å². The number of urea groups is 1. The third kappa shape index (κ3) is 2.38. The van der Waals surface area contributed by atoms with Crippen molar-refractivity contribution < 1.29 is 14.4 Å². The van der Waals surface area contributed by atoms with Crippen molar-refractivity contribution in [3.8, 4) is 0 Å². The molecule has 0 radical (unpaired) electrons. The van der Waals surface area contributed by atoms with Gasteiger partial charge in [0.1, 0.15) is 5.92 Å². The van der Waals surface area contributed by atoms with E-state index < -0.39 is 23.8 Å². The number of allylic oxidation sites excluding steroid dienone is 1. The number of amides is 4. The van der Waals surface area contributed by atoms with Crippen LogP contribution in [0.15, 0.2) is 11.1 Å². The highest BCUT2D eigenvalue weighted by atomic mass is 79.9. The van der Waals surface area contributed by atoms with Crippen molar-refractivity contribution >= 4 is 33.8 Å². The highest BCUT2D eigenvalue weighted by Gasteiger charge is 2.33. The fourth-order valence-electron chi connectivity index (χ4n) is 0.955. The number of carbonyl (C=O) groups is 3. The number of rotatable bonds is 2. The van der Waals surface area contributed by atoms with Gasteiger partial charge in [0.2, 0.25) is 11.8 Å². The molecule has 0 aliphatic carbocycles. The molecule has 0 aromatic rings. The lowest BCUT2D eigenvalue weighted by Crippen LogP contribution is -2.55. The fraction of sp³-hybridized carbons (Fsp3) is 0.286. The molecule has 1 rings (SSSR count). The summed E-state index contributed by atoms with van der Waals surface area (Å²) < 4.78 is 0.539. The molecule has 4 amide bonds. The molecule has 0 saturated carbocycles. The smallest absolute Gasteiger partial charge is 0.277 e. The Kier molecular flexibility index (Phi) is 2.82. The number of halogens is 1. The molecule has 0 aromatic carbocycles. The number of imide groups is 2. The van der Waals surface area contributed by atoms with Crippen LogP contribution in [0.4, 0.5) is 4.79 Å². The van der Waals surface area contributed by atoms with Crippen molar-refractivity contribution in [1.82, 2.24) is 10.6 Å². The second kappa shape index (κ2) is 3.69. The average Bonchev–Trinajstić information content (AvgIpc) is 1.96.